The number of ether oxygens (including phenoxy) is 2. The lowest BCUT2D eigenvalue weighted by atomic mass is 10.2. The average molecular weight is 361 g/mol. The molecule has 0 saturated heterocycles. The SMILES string of the molecule is CCCN(Cc1ccccc1)S(=O)(=O)c1ccc2c(c1)OCCCO2. The lowest BCUT2D eigenvalue weighted by Crippen LogP contribution is -2.31. The molecule has 0 aliphatic carbocycles. The molecule has 0 radical (unpaired) electrons. The van der Waals surface area contributed by atoms with Crippen LogP contribution in [0.25, 0.3) is 0 Å². The minimum Gasteiger partial charge on any atom is -0.490 e. The molecule has 25 heavy (non-hydrogen) atoms. The highest BCUT2D eigenvalue weighted by atomic mass is 32.2. The number of nitrogens with zero attached hydrogens (tertiary/aromatic N) is 1. The molecule has 5 nitrogen and oxygen atoms in total. The average Bonchev–Trinajstić information content (AvgIpc) is 2.87. The van der Waals surface area contributed by atoms with Gasteiger partial charge in [-0.25, -0.2) is 8.42 Å². The molecule has 2 aromatic carbocycles. The Morgan fingerprint density at radius 2 is 1.72 bits per heavy atom. The van der Waals surface area contributed by atoms with Crippen molar-refractivity contribution in [2.24, 2.45) is 0 Å². The normalized spacial score (nSPS) is 14.3. The molecule has 6 heteroatoms. The summed E-state index contributed by atoms with van der Waals surface area (Å²) >= 11 is 0. The van der Waals surface area contributed by atoms with E-state index in [2.05, 4.69) is 0 Å². The summed E-state index contributed by atoms with van der Waals surface area (Å²) < 4.78 is 39.0. The number of hydrogen-bond acceptors (Lipinski definition) is 4. The summed E-state index contributed by atoms with van der Waals surface area (Å²) in [5.74, 6) is 1.09. The van der Waals surface area contributed by atoms with Gasteiger partial charge in [0.05, 0.1) is 18.1 Å². The van der Waals surface area contributed by atoms with Gasteiger partial charge in [-0.2, -0.15) is 4.31 Å². The van der Waals surface area contributed by atoms with Crippen molar-refractivity contribution in [2.45, 2.75) is 31.2 Å². The van der Waals surface area contributed by atoms with Crippen LogP contribution in [0, 0.1) is 0 Å². The highest BCUT2D eigenvalue weighted by Gasteiger charge is 2.26. The van der Waals surface area contributed by atoms with E-state index in [1.165, 1.54) is 4.31 Å². The zero-order chi connectivity index (χ0) is 17.7. The van der Waals surface area contributed by atoms with E-state index in [0.29, 0.717) is 37.8 Å². The van der Waals surface area contributed by atoms with E-state index in [1.54, 1.807) is 18.2 Å². The van der Waals surface area contributed by atoms with Crippen LogP contribution in [0.3, 0.4) is 0 Å². The summed E-state index contributed by atoms with van der Waals surface area (Å²) in [5, 5.41) is 0. The first-order valence-electron chi connectivity index (χ1n) is 8.55. The van der Waals surface area contributed by atoms with Gasteiger partial charge in [0.15, 0.2) is 11.5 Å². The third-order valence-electron chi connectivity index (χ3n) is 4.03. The molecule has 0 spiro atoms. The number of sulfonamides is 1. The summed E-state index contributed by atoms with van der Waals surface area (Å²) in [7, 11) is -3.61. The second kappa shape index (κ2) is 7.89. The molecule has 0 unspecified atom stereocenters. The van der Waals surface area contributed by atoms with Crippen LogP contribution >= 0.6 is 0 Å². The Balaban J connectivity index is 1.91. The monoisotopic (exact) mass is 361 g/mol. The summed E-state index contributed by atoms with van der Waals surface area (Å²) in [6.45, 7) is 3.90. The molecule has 134 valence electrons. The first-order valence-corrected chi connectivity index (χ1v) is 9.99. The van der Waals surface area contributed by atoms with Crippen molar-refractivity contribution in [1.82, 2.24) is 4.31 Å². The molecule has 1 aliphatic rings. The molecule has 0 bridgehead atoms. The van der Waals surface area contributed by atoms with Crippen LogP contribution in [0.4, 0.5) is 0 Å². The van der Waals surface area contributed by atoms with Crippen LogP contribution in [-0.4, -0.2) is 32.5 Å². The molecule has 0 saturated carbocycles. The Kier molecular flexibility index (Phi) is 5.60. The predicted octanol–water partition coefficient (Wildman–Crippen LogP) is 3.45. The van der Waals surface area contributed by atoms with E-state index in [4.69, 9.17) is 9.47 Å². The molecular formula is C19H23NO4S. The highest BCUT2D eigenvalue weighted by molar-refractivity contribution is 7.89. The van der Waals surface area contributed by atoms with E-state index >= 15 is 0 Å². The summed E-state index contributed by atoms with van der Waals surface area (Å²) in [4.78, 5) is 0.237. The second-order valence-corrected chi connectivity index (χ2v) is 7.92. The molecule has 3 rings (SSSR count). The van der Waals surface area contributed by atoms with E-state index in [0.717, 1.165) is 18.4 Å². The molecule has 0 atom stereocenters. The van der Waals surface area contributed by atoms with E-state index in [9.17, 15) is 8.42 Å². The van der Waals surface area contributed by atoms with Gasteiger partial charge in [0.1, 0.15) is 0 Å². The zero-order valence-corrected chi connectivity index (χ0v) is 15.2. The summed E-state index contributed by atoms with van der Waals surface area (Å²) in [5.41, 5.74) is 0.967. The Morgan fingerprint density at radius 3 is 2.44 bits per heavy atom. The fourth-order valence-electron chi connectivity index (χ4n) is 2.77. The third kappa shape index (κ3) is 4.14. The number of fused-ring (bicyclic) bond motifs is 1. The van der Waals surface area contributed by atoms with Gasteiger partial charge >= 0.3 is 0 Å². The van der Waals surface area contributed by atoms with E-state index in [1.807, 2.05) is 37.3 Å². The quantitative estimate of drug-likeness (QED) is 0.791. The fraction of sp³-hybridized carbons (Fsp3) is 0.368. The predicted molar refractivity (Wildman–Crippen MR) is 96.4 cm³/mol. The Morgan fingerprint density at radius 1 is 1.00 bits per heavy atom. The maximum absolute atomic E-state index is 13.1. The van der Waals surface area contributed by atoms with Crippen LogP contribution in [0.5, 0.6) is 11.5 Å². The number of benzene rings is 2. The largest absolute Gasteiger partial charge is 0.490 e. The minimum atomic E-state index is -3.61. The Bertz CT molecular complexity index is 805. The van der Waals surface area contributed by atoms with Gasteiger partial charge in [-0.05, 0) is 24.1 Å². The topological polar surface area (TPSA) is 55.8 Å². The maximum Gasteiger partial charge on any atom is 0.243 e. The van der Waals surface area contributed by atoms with Gasteiger partial charge in [-0.3, -0.25) is 0 Å². The standard InChI is InChI=1S/C19H23NO4S/c1-2-11-20(15-16-7-4-3-5-8-16)25(21,22)17-9-10-18-19(14-17)24-13-6-12-23-18/h3-5,7-10,14H,2,6,11-13,15H2,1H3. The van der Waals surface area contributed by atoms with Gasteiger partial charge in [0.2, 0.25) is 10.0 Å². The molecule has 2 aromatic rings. The van der Waals surface area contributed by atoms with Gasteiger partial charge in [0, 0.05) is 25.6 Å². The first kappa shape index (κ1) is 17.8. The third-order valence-corrected chi connectivity index (χ3v) is 5.87. The van der Waals surface area contributed by atoms with E-state index < -0.39 is 10.0 Å². The van der Waals surface area contributed by atoms with Crippen molar-refractivity contribution in [3.8, 4) is 11.5 Å². The molecule has 0 amide bonds. The molecule has 0 N–H and O–H groups in total. The number of hydrogen-bond donors (Lipinski definition) is 0. The van der Waals surface area contributed by atoms with Crippen molar-refractivity contribution >= 4 is 10.0 Å². The smallest absolute Gasteiger partial charge is 0.243 e. The molecule has 1 heterocycles. The summed E-state index contributed by atoms with van der Waals surface area (Å²) in [6, 6.07) is 14.5. The number of rotatable bonds is 6. The van der Waals surface area contributed by atoms with Gasteiger partial charge < -0.3 is 9.47 Å². The first-order chi connectivity index (χ1) is 12.1. The lowest BCUT2D eigenvalue weighted by Gasteiger charge is -2.22. The van der Waals surface area contributed by atoms with Crippen LogP contribution in [-0.2, 0) is 16.6 Å². The fourth-order valence-corrected chi connectivity index (χ4v) is 4.31. The van der Waals surface area contributed by atoms with Gasteiger partial charge in [-0.15, -0.1) is 0 Å². The van der Waals surface area contributed by atoms with Crippen LogP contribution in [0.2, 0.25) is 0 Å². The van der Waals surface area contributed by atoms with Gasteiger partial charge in [-0.1, -0.05) is 37.3 Å². The van der Waals surface area contributed by atoms with Crippen LogP contribution < -0.4 is 9.47 Å². The molecular weight excluding hydrogens is 338 g/mol. The van der Waals surface area contributed by atoms with Crippen molar-refractivity contribution in [3.63, 3.8) is 0 Å². The Hall–Kier alpha value is -2.05. The molecule has 1 aliphatic heterocycles. The highest BCUT2D eigenvalue weighted by Crippen LogP contribution is 2.33. The van der Waals surface area contributed by atoms with Gasteiger partial charge in [0.25, 0.3) is 0 Å². The second-order valence-electron chi connectivity index (χ2n) is 5.98. The minimum absolute atomic E-state index is 0.237. The zero-order valence-electron chi connectivity index (χ0n) is 14.3. The summed E-state index contributed by atoms with van der Waals surface area (Å²) in [6.07, 6.45) is 1.53. The van der Waals surface area contributed by atoms with Crippen molar-refractivity contribution in [2.75, 3.05) is 19.8 Å². The maximum atomic E-state index is 13.1. The molecule has 0 fully saturated rings. The van der Waals surface area contributed by atoms with Crippen LogP contribution in [0.15, 0.2) is 53.4 Å². The lowest BCUT2D eigenvalue weighted by molar-refractivity contribution is 0.296. The Labute approximate surface area is 149 Å². The molecule has 0 aromatic heterocycles. The van der Waals surface area contributed by atoms with Crippen LogP contribution in [0.1, 0.15) is 25.3 Å². The van der Waals surface area contributed by atoms with Crippen molar-refractivity contribution < 1.29 is 17.9 Å². The van der Waals surface area contributed by atoms with E-state index in [-0.39, 0.29) is 4.90 Å². The van der Waals surface area contributed by atoms with Crippen molar-refractivity contribution in [3.05, 3.63) is 54.1 Å². The van der Waals surface area contributed by atoms with Crippen molar-refractivity contribution in [1.29, 1.82) is 0 Å².